The number of ether oxygens (including phenoxy) is 1. The van der Waals surface area contributed by atoms with Crippen LogP contribution in [0.5, 0.6) is 11.6 Å². The van der Waals surface area contributed by atoms with Crippen LogP contribution >= 0.6 is 11.6 Å². The molecule has 1 aromatic carbocycles. The van der Waals surface area contributed by atoms with Gasteiger partial charge in [-0.15, -0.1) is 0 Å². The summed E-state index contributed by atoms with van der Waals surface area (Å²) in [4.78, 5) is 27.1. The number of benzene rings is 1. The van der Waals surface area contributed by atoms with Gasteiger partial charge < -0.3 is 14.5 Å². The topological polar surface area (TPSA) is 61.8 Å². The summed E-state index contributed by atoms with van der Waals surface area (Å²) in [6, 6.07) is 5.92. The van der Waals surface area contributed by atoms with Crippen LogP contribution in [0.4, 0.5) is 10.2 Å². The van der Waals surface area contributed by atoms with Crippen LogP contribution in [0.3, 0.4) is 0 Å². The lowest BCUT2D eigenvalue weighted by Gasteiger charge is -2.35. The maximum Gasteiger partial charge on any atom is 0.236 e. The van der Waals surface area contributed by atoms with Crippen molar-refractivity contribution in [1.29, 1.82) is 0 Å². The number of likely N-dealkylation sites (tertiary alicyclic amines) is 1. The molecule has 0 atom stereocenters. The van der Waals surface area contributed by atoms with Crippen LogP contribution in [0.2, 0.25) is 5.02 Å². The highest BCUT2D eigenvalue weighted by atomic mass is 35.5. The van der Waals surface area contributed by atoms with Crippen LogP contribution < -0.4 is 9.64 Å². The Morgan fingerprint density at radius 1 is 1.07 bits per heavy atom. The Bertz CT molecular complexity index is 870. The van der Waals surface area contributed by atoms with Gasteiger partial charge in [-0.2, -0.15) is 0 Å². The van der Waals surface area contributed by atoms with Crippen molar-refractivity contribution < 1.29 is 13.9 Å². The van der Waals surface area contributed by atoms with E-state index < -0.39 is 5.82 Å². The summed E-state index contributed by atoms with van der Waals surface area (Å²) in [5, 5.41) is -0.00335. The highest BCUT2D eigenvalue weighted by Gasteiger charge is 2.24. The maximum absolute atomic E-state index is 13.3. The molecule has 0 spiro atoms. The van der Waals surface area contributed by atoms with Gasteiger partial charge in [-0.3, -0.25) is 9.69 Å². The third-order valence-corrected chi connectivity index (χ3v) is 5.54. The van der Waals surface area contributed by atoms with E-state index in [4.69, 9.17) is 16.3 Å². The van der Waals surface area contributed by atoms with Gasteiger partial charge in [-0.05, 0) is 25.0 Å². The van der Waals surface area contributed by atoms with Crippen molar-refractivity contribution in [2.24, 2.45) is 0 Å². The monoisotopic (exact) mass is 419 g/mol. The fourth-order valence-electron chi connectivity index (χ4n) is 3.61. The van der Waals surface area contributed by atoms with E-state index in [2.05, 4.69) is 19.8 Å². The quantitative estimate of drug-likeness (QED) is 0.742. The lowest BCUT2D eigenvalue weighted by molar-refractivity contribution is -0.131. The first kappa shape index (κ1) is 19.8. The molecule has 2 fully saturated rings. The minimum Gasteiger partial charge on any atom is -0.439 e. The summed E-state index contributed by atoms with van der Waals surface area (Å²) < 4.78 is 19.0. The Kier molecular flexibility index (Phi) is 6.10. The molecule has 3 heterocycles. The predicted octanol–water partition coefficient (Wildman–Crippen LogP) is 2.81. The number of hydrogen-bond donors (Lipinski definition) is 0. The zero-order valence-corrected chi connectivity index (χ0v) is 16.8. The minimum atomic E-state index is -0.497. The largest absolute Gasteiger partial charge is 0.439 e. The summed E-state index contributed by atoms with van der Waals surface area (Å²) in [6.07, 6.45) is 3.67. The minimum absolute atomic E-state index is 0.00335. The molecule has 0 unspecified atom stereocenters. The van der Waals surface area contributed by atoms with Crippen LogP contribution in [0.1, 0.15) is 12.8 Å². The Balaban J connectivity index is 1.33. The lowest BCUT2D eigenvalue weighted by Crippen LogP contribution is -2.50. The fraction of sp³-hybridized carbons (Fsp3) is 0.450. The summed E-state index contributed by atoms with van der Waals surface area (Å²) in [5.74, 6) is 1.26. The molecule has 154 valence electrons. The van der Waals surface area contributed by atoms with Gasteiger partial charge in [0.25, 0.3) is 0 Å². The second-order valence-corrected chi connectivity index (χ2v) is 7.65. The van der Waals surface area contributed by atoms with Crippen molar-refractivity contribution >= 4 is 23.3 Å². The molecule has 7 nitrogen and oxygen atoms in total. The summed E-state index contributed by atoms with van der Waals surface area (Å²) >= 11 is 5.80. The van der Waals surface area contributed by atoms with E-state index in [9.17, 15) is 9.18 Å². The van der Waals surface area contributed by atoms with Gasteiger partial charge >= 0.3 is 0 Å². The van der Waals surface area contributed by atoms with E-state index in [1.54, 1.807) is 6.07 Å². The van der Waals surface area contributed by atoms with Crippen molar-refractivity contribution in [3.63, 3.8) is 0 Å². The zero-order chi connectivity index (χ0) is 20.2. The highest BCUT2D eigenvalue weighted by molar-refractivity contribution is 6.30. The number of rotatable bonds is 5. The first-order chi connectivity index (χ1) is 14.1. The number of carbonyl (C=O) groups excluding carboxylic acids is 1. The molecule has 2 aromatic rings. The normalized spacial score (nSPS) is 17.6. The van der Waals surface area contributed by atoms with Crippen molar-refractivity contribution in [2.75, 3.05) is 50.7 Å². The molecule has 0 radical (unpaired) electrons. The Hall–Kier alpha value is -2.45. The number of piperazine rings is 1. The van der Waals surface area contributed by atoms with E-state index in [1.807, 2.05) is 4.90 Å². The van der Waals surface area contributed by atoms with E-state index in [0.29, 0.717) is 18.2 Å². The van der Waals surface area contributed by atoms with Crippen LogP contribution in [0.25, 0.3) is 0 Å². The van der Waals surface area contributed by atoms with Gasteiger partial charge in [-0.1, -0.05) is 11.6 Å². The number of aromatic nitrogens is 2. The molecule has 0 N–H and O–H groups in total. The molecule has 4 rings (SSSR count). The number of anilines is 1. The van der Waals surface area contributed by atoms with Crippen LogP contribution in [0, 0.1) is 5.82 Å². The molecule has 1 aromatic heterocycles. The molecule has 2 saturated heterocycles. The Labute approximate surface area is 174 Å². The number of halogens is 2. The molecular weight excluding hydrogens is 397 g/mol. The SMILES string of the molecule is O=C(CN1CCN(c2cc(Oc3ccc(F)c(Cl)c3)ncn2)CC1)N1CCCC1. The lowest BCUT2D eigenvalue weighted by atomic mass is 10.3. The third kappa shape index (κ3) is 4.94. The Morgan fingerprint density at radius 3 is 2.55 bits per heavy atom. The molecule has 0 bridgehead atoms. The zero-order valence-electron chi connectivity index (χ0n) is 16.1. The molecular formula is C20H23ClFN5O2. The second-order valence-electron chi connectivity index (χ2n) is 7.24. The van der Waals surface area contributed by atoms with Gasteiger partial charge in [0.1, 0.15) is 23.7 Å². The molecule has 29 heavy (non-hydrogen) atoms. The highest BCUT2D eigenvalue weighted by Crippen LogP contribution is 2.26. The fourth-order valence-corrected chi connectivity index (χ4v) is 3.78. The van der Waals surface area contributed by atoms with Gasteiger partial charge in [0, 0.05) is 51.4 Å². The van der Waals surface area contributed by atoms with Gasteiger partial charge in [0.05, 0.1) is 11.6 Å². The smallest absolute Gasteiger partial charge is 0.236 e. The number of hydrogen-bond acceptors (Lipinski definition) is 6. The van der Waals surface area contributed by atoms with Gasteiger partial charge in [0.15, 0.2) is 0 Å². The van der Waals surface area contributed by atoms with Crippen molar-refractivity contribution in [3.8, 4) is 11.6 Å². The molecule has 0 saturated carbocycles. The Morgan fingerprint density at radius 2 is 1.83 bits per heavy atom. The van der Waals surface area contributed by atoms with Crippen LogP contribution in [-0.2, 0) is 4.79 Å². The van der Waals surface area contributed by atoms with Gasteiger partial charge in [0.2, 0.25) is 11.8 Å². The average Bonchev–Trinajstić information content (AvgIpc) is 3.27. The van der Waals surface area contributed by atoms with Crippen LogP contribution in [0.15, 0.2) is 30.6 Å². The van der Waals surface area contributed by atoms with Crippen molar-refractivity contribution in [1.82, 2.24) is 19.8 Å². The average molecular weight is 420 g/mol. The summed E-state index contributed by atoms with van der Waals surface area (Å²) in [6.45, 7) is 5.40. The number of nitrogens with zero attached hydrogens (tertiary/aromatic N) is 5. The second kappa shape index (κ2) is 8.92. The third-order valence-electron chi connectivity index (χ3n) is 5.25. The van der Waals surface area contributed by atoms with E-state index in [1.165, 1.54) is 24.5 Å². The van der Waals surface area contributed by atoms with Gasteiger partial charge in [-0.25, -0.2) is 14.4 Å². The number of amides is 1. The van der Waals surface area contributed by atoms with Crippen LogP contribution in [-0.4, -0.2) is 71.5 Å². The summed E-state index contributed by atoms with van der Waals surface area (Å²) in [5.41, 5.74) is 0. The number of carbonyl (C=O) groups is 1. The molecule has 2 aliphatic rings. The van der Waals surface area contributed by atoms with Crippen molar-refractivity contribution in [3.05, 3.63) is 41.4 Å². The summed E-state index contributed by atoms with van der Waals surface area (Å²) in [7, 11) is 0. The van der Waals surface area contributed by atoms with E-state index in [-0.39, 0.29) is 10.9 Å². The first-order valence-electron chi connectivity index (χ1n) is 9.78. The molecule has 9 heteroatoms. The first-order valence-corrected chi connectivity index (χ1v) is 10.2. The van der Waals surface area contributed by atoms with E-state index >= 15 is 0 Å². The van der Waals surface area contributed by atoms with E-state index in [0.717, 1.165) is 57.9 Å². The standard InChI is InChI=1S/C20H23ClFN5O2/c21-16-11-15(3-4-17(16)22)29-19-12-18(23-14-24-19)26-9-7-25(8-10-26)13-20(28)27-5-1-2-6-27/h3-4,11-12,14H,1-2,5-10,13H2. The molecule has 0 aliphatic carbocycles. The molecule has 1 amide bonds. The van der Waals surface area contributed by atoms with Crippen molar-refractivity contribution in [2.45, 2.75) is 12.8 Å². The maximum atomic E-state index is 13.3. The molecule has 2 aliphatic heterocycles. The predicted molar refractivity (Wildman–Crippen MR) is 108 cm³/mol.